The van der Waals surface area contributed by atoms with Gasteiger partial charge in [0.15, 0.2) is 0 Å². The molecular weight excluding hydrogens is 318 g/mol. The number of hydrogen-bond donors (Lipinski definition) is 1. The topological polar surface area (TPSA) is 87.8 Å². The lowest BCUT2D eigenvalue weighted by atomic mass is 10.1. The number of carboxylic acid groups (broad SMARTS) is 1. The third-order valence-corrected chi connectivity index (χ3v) is 5.57. The van der Waals surface area contributed by atoms with E-state index in [1.807, 2.05) is 31.2 Å². The molecule has 0 spiro atoms. The van der Waals surface area contributed by atoms with Gasteiger partial charge in [-0.25, -0.2) is 13.2 Å². The molecule has 0 unspecified atom stereocenters. The Hall–Kier alpha value is -2.12. The van der Waals surface area contributed by atoms with E-state index in [-0.39, 0.29) is 28.5 Å². The van der Waals surface area contributed by atoms with E-state index in [9.17, 15) is 18.3 Å². The Morgan fingerprint density at radius 3 is 2.22 bits per heavy atom. The fraction of sp³-hybridized carbons (Fsp3) is 0.312. The third kappa shape index (κ3) is 3.30. The molecule has 0 aliphatic heterocycles. The van der Waals surface area contributed by atoms with Gasteiger partial charge >= 0.3 is 5.97 Å². The fourth-order valence-electron chi connectivity index (χ4n) is 2.41. The summed E-state index contributed by atoms with van der Waals surface area (Å²) in [6.45, 7) is 4.98. The zero-order chi connectivity index (χ0) is 17.4. The average Bonchev–Trinajstić information content (AvgIpc) is 2.76. The summed E-state index contributed by atoms with van der Waals surface area (Å²) in [5, 5.41) is 9.28. The van der Waals surface area contributed by atoms with Crippen LogP contribution in [0, 0.1) is 20.8 Å². The summed E-state index contributed by atoms with van der Waals surface area (Å²) in [7, 11) is -2.55. The van der Waals surface area contributed by atoms with Crippen LogP contribution >= 0.6 is 0 Å². The van der Waals surface area contributed by atoms with Crippen LogP contribution in [-0.2, 0) is 16.6 Å². The van der Waals surface area contributed by atoms with Crippen LogP contribution in [0.5, 0.6) is 0 Å². The molecule has 1 aromatic carbocycles. The van der Waals surface area contributed by atoms with Crippen LogP contribution in [0.25, 0.3) is 0 Å². The highest BCUT2D eigenvalue weighted by atomic mass is 32.2. The first-order valence-electron chi connectivity index (χ1n) is 6.99. The lowest BCUT2D eigenvalue weighted by Gasteiger charge is -2.17. The predicted octanol–water partition coefficient (Wildman–Crippen LogP) is 2.72. The van der Waals surface area contributed by atoms with Crippen LogP contribution < -0.4 is 0 Å². The molecule has 2 aromatic rings. The standard InChI is InChI=1S/C16H19NO5S/c1-10-5-7-13(8-6-10)9-17(4)23(20,21)15-12(3)22-11(2)14(15)16(18)19/h5-8H,9H2,1-4H3,(H,18,19). The van der Waals surface area contributed by atoms with Crippen molar-refractivity contribution in [2.45, 2.75) is 32.2 Å². The van der Waals surface area contributed by atoms with Gasteiger partial charge in [0, 0.05) is 13.6 Å². The average molecular weight is 337 g/mol. The van der Waals surface area contributed by atoms with Crippen LogP contribution in [0.4, 0.5) is 0 Å². The van der Waals surface area contributed by atoms with Crippen molar-refractivity contribution in [1.29, 1.82) is 0 Å². The molecule has 1 aromatic heterocycles. The van der Waals surface area contributed by atoms with E-state index in [0.717, 1.165) is 15.4 Å². The summed E-state index contributed by atoms with van der Waals surface area (Å²) in [5.74, 6) is -1.16. The van der Waals surface area contributed by atoms with Crippen molar-refractivity contribution < 1.29 is 22.7 Å². The van der Waals surface area contributed by atoms with Crippen LogP contribution in [-0.4, -0.2) is 30.8 Å². The first-order chi connectivity index (χ1) is 10.6. The Bertz CT molecular complexity index is 834. The summed E-state index contributed by atoms with van der Waals surface area (Å²) < 4.78 is 31.9. The minimum Gasteiger partial charge on any atom is -0.478 e. The second kappa shape index (κ2) is 6.17. The van der Waals surface area contributed by atoms with Crippen molar-refractivity contribution in [3.05, 3.63) is 52.5 Å². The molecule has 0 amide bonds. The predicted molar refractivity (Wildman–Crippen MR) is 85.0 cm³/mol. The van der Waals surface area contributed by atoms with Gasteiger partial charge in [-0.15, -0.1) is 0 Å². The molecule has 0 aliphatic rings. The number of carbonyl (C=O) groups is 1. The molecule has 0 saturated heterocycles. The van der Waals surface area contributed by atoms with Gasteiger partial charge < -0.3 is 9.52 Å². The Balaban J connectivity index is 2.42. The van der Waals surface area contributed by atoms with Gasteiger partial charge in [0.25, 0.3) is 0 Å². The van der Waals surface area contributed by atoms with Gasteiger partial charge in [0.2, 0.25) is 10.0 Å². The van der Waals surface area contributed by atoms with Gasteiger partial charge in [0.1, 0.15) is 22.0 Å². The Morgan fingerprint density at radius 2 is 1.70 bits per heavy atom. The van der Waals surface area contributed by atoms with Gasteiger partial charge in [-0.3, -0.25) is 0 Å². The lowest BCUT2D eigenvalue weighted by molar-refractivity contribution is 0.0691. The maximum Gasteiger partial charge on any atom is 0.340 e. The first-order valence-corrected chi connectivity index (χ1v) is 8.43. The highest BCUT2D eigenvalue weighted by Crippen LogP contribution is 2.29. The van der Waals surface area contributed by atoms with Crippen LogP contribution in [0.3, 0.4) is 0 Å². The second-order valence-electron chi connectivity index (χ2n) is 5.47. The fourth-order valence-corrected chi connectivity index (χ4v) is 3.94. The molecule has 124 valence electrons. The number of nitrogens with zero attached hydrogens (tertiary/aromatic N) is 1. The lowest BCUT2D eigenvalue weighted by Crippen LogP contribution is -2.28. The summed E-state index contributed by atoms with van der Waals surface area (Å²) in [5.41, 5.74) is 1.59. The van der Waals surface area contributed by atoms with Crippen molar-refractivity contribution >= 4 is 16.0 Å². The molecule has 0 radical (unpaired) electrons. The zero-order valence-electron chi connectivity index (χ0n) is 13.5. The van der Waals surface area contributed by atoms with Gasteiger partial charge in [-0.2, -0.15) is 4.31 Å². The largest absolute Gasteiger partial charge is 0.478 e. The Labute approximate surface area is 135 Å². The molecule has 7 heteroatoms. The number of aryl methyl sites for hydroxylation is 3. The molecule has 0 bridgehead atoms. The van der Waals surface area contributed by atoms with Gasteiger partial charge in [0.05, 0.1) is 0 Å². The minimum atomic E-state index is -3.97. The van der Waals surface area contributed by atoms with E-state index in [0.29, 0.717) is 0 Å². The number of carboxylic acids is 1. The quantitative estimate of drug-likeness (QED) is 0.906. The molecule has 1 N–H and O–H groups in total. The molecule has 2 rings (SSSR count). The Morgan fingerprint density at radius 1 is 1.13 bits per heavy atom. The first kappa shape index (κ1) is 17.2. The van der Waals surface area contributed by atoms with Crippen molar-refractivity contribution in [3.63, 3.8) is 0 Å². The van der Waals surface area contributed by atoms with E-state index < -0.39 is 16.0 Å². The van der Waals surface area contributed by atoms with E-state index in [1.54, 1.807) is 0 Å². The SMILES string of the molecule is Cc1ccc(CN(C)S(=O)(=O)c2c(C)oc(C)c2C(=O)O)cc1. The molecule has 0 fully saturated rings. The van der Waals surface area contributed by atoms with Crippen LogP contribution in [0.2, 0.25) is 0 Å². The van der Waals surface area contributed by atoms with Crippen molar-refractivity contribution in [3.8, 4) is 0 Å². The highest BCUT2D eigenvalue weighted by molar-refractivity contribution is 7.89. The number of hydrogen-bond acceptors (Lipinski definition) is 4. The van der Waals surface area contributed by atoms with Crippen LogP contribution in [0.15, 0.2) is 33.6 Å². The molecule has 6 nitrogen and oxygen atoms in total. The summed E-state index contributed by atoms with van der Waals surface area (Å²) in [6, 6.07) is 7.47. The number of rotatable bonds is 5. The number of benzene rings is 1. The summed E-state index contributed by atoms with van der Waals surface area (Å²) >= 11 is 0. The zero-order valence-corrected chi connectivity index (χ0v) is 14.3. The van der Waals surface area contributed by atoms with Crippen molar-refractivity contribution in [1.82, 2.24) is 4.31 Å². The second-order valence-corrected chi connectivity index (χ2v) is 7.45. The molecule has 23 heavy (non-hydrogen) atoms. The molecule has 1 heterocycles. The van der Waals surface area contributed by atoms with Crippen LogP contribution in [0.1, 0.15) is 33.0 Å². The maximum atomic E-state index is 12.8. The smallest absolute Gasteiger partial charge is 0.340 e. The molecular formula is C16H19NO5S. The van der Waals surface area contributed by atoms with Crippen molar-refractivity contribution in [2.24, 2.45) is 0 Å². The van der Waals surface area contributed by atoms with E-state index >= 15 is 0 Å². The summed E-state index contributed by atoms with van der Waals surface area (Å²) in [6.07, 6.45) is 0. The van der Waals surface area contributed by atoms with Crippen molar-refractivity contribution in [2.75, 3.05) is 7.05 Å². The van der Waals surface area contributed by atoms with E-state index in [2.05, 4.69) is 0 Å². The van der Waals surface area contributed by atoms with E-state index in [4.69, 9.17) is 4.42 Å². The highest BCUT2D eigenvalue weighted by Gasteiger charge is 2.33. The number of aromatic carboxylic acids is 1. The van der Waals surface area contributed by atoms with Gasteiger partial charge in [-0.1, -0.05) is 29.8 Å². The normalized spacial score (nSPS) is 11.9. The molecule has 0 atom stereocenters. The monoisotopic (exact) mass is 337 g/mol. The Kier molecular flexibility index (Phi) is 4.63. The van der Waals surface area contributed by atoms with E-state index in [1.165, 1.54) is 20.9 Å². The number of sulfonamides is 1. The summed E-state index contributed by atoms with van der Waals surface area (Å²) in [4.78, 5) is 11.1. The molecule has 0 saturated carbocycles. The van der Waals surface area contributed by atoms with Gasteiger partial charge in [-0.05, 0) is 26.3 Å². The number of furan rings is 1. The third-order valence-electron chi connectivity index (χ3n) is 3.61. The minimum absolute atomic E-state index is 0.0793. The maximum absolute atomic E-state index is 12.8. The molecule has 0 aliphatic carbocycles.